The molecule has 2 N–H and O–H groups in total. The summed E-state index contributed by atoms with van der Waals surface area (Å²) >= 11 is 0. The summed E-state index contributed by atoms with van der Waals surface area (Å²) in [6, 6.07) is 14.0. The Kier molecular flexibility index (Phi) is 3.24. The number of hydrogen-bond acceptors (Lipinski definition) is 2. The third-order valence-electron chi connectivity index (χ3n) is 2.63. The lowest BCUT2D eigenvalue weighted by Crippen LogP contribution is -1.93. The summed E-state index contributed by atoms with van der Waals surface area (Å²) in [5.41, 5.74) is 11.0. The summed E-state index contributed by atoms with van der Waals surface area (Å²) in [6.07, 6.45) is 1.81. The summed E-state index contributed by atoms with van der Waals surface area (Å²) in [5, 5.41) is 0. The highest BCUT2D eigenvalue weighted by molar-refractivity contribution is 5.88. The number of aliphatic imine (C=N–C) groups is 1. The summed E-state index contributed by atoms with van der Waals surface area (Å²) < 4.78 is 0. The molecule has 0 atom stereocenters. The van der Waals surface area contributed by atoms with Crippen molar-refractivity contribution in [2.24, 2.45) is 4.99 Å². The van der Waals surface area contributed by atoms with Crippen LogP contribution in [0.5, 0.6) is 0 Å². The Labute approximate surface area is 102 Å². The van der Waals surface area contributed by atoms with Crippen LogP contribution in [0, 0.1) is 13.8 Å². The van der Waals surface area contributed by atoms with Gasteiger partial charge in [-0.25, -0.2) is 0 Å². The molecule has 0 fully saturated rings. The van der Waals surface area contributed by atoms with Crippen LogP contribution < -0.4 is 5.73 Å². The molecule has 0 unspecified atom stereocenters. The SMILES string of the molecule is Cc1ccc(N=Cc2cc(C)ccc2N)cc1. The summed E-state index contributed by atoms with van der Waals surface area (Å²) in [6.45, 7) is 4.11. The molecule has 0 saturated heterocycles. The predicted molar refractivity (Wildman–Crippen MR) is 74.0 cm³/mol. The van der Waals surface area contributed by atoms with Gasteiger partial charge in [0.25, 0.3) is 0 Å². The van der Waals surface area contributed by atoms with Gasteiger partial charge in [-0.15, -0.1) is 0 Å². The van der Waals surface area contributed by atoms with E-state index in [-0.39, 0.29) is 0 Å². The molecule has 0 radical (unpaired) electrons. The van der Waals surface area contributed by atoms with E-state index in [4.69, 9.17) is 5.73 Å². The van der Waals surface area contributed by atoms with Crippen molar-refractivity contribution in [1.82, 2.24) is 0 Å². The first-order valence-corrected chi connectivity index (χ1v) is 5.62. The van der Waals surface area contributed by atoms with Crippen LogP contribution in [0.1, 0.15) is 16.7 Å². The second-order valence-corrected chi connectivity index (χ2v) is 4.23. The summed E-state index contributed by atoms with van der Waals surface area (Å²) in [5.74, 6) is 0. The Bertz CT molecular complexity index is 539. The molecule has 2 aromatic rings. The van der Waals surface area contributed by atoms with Crippen molar-refractivity contribution in [1.29, 1.82) is 0 Å². The number of benzene rings is 2. The maximum Gasteiger partial charge on any atom is 0.0630 e. The Balaban J connectivity index is 2.25. The average molecular weight is 224 g/mol. The van der Waals surface area contributed by atoms with Crippen LogP contribution in [0.15, 0.2) is 47.5 Å². The smallest absolute Gasteiger partial charge is 0.0630 e. The van der Waals surface area contributed by atoms with Gasteiger partial charge in [-0.05, 0) is 38.1 Å². The van der Waals surface area contributed by atoms with Crippen LogP contribution in [0.3, 0.4) is 0 Å². The highest BCUT2D eigenvalue weighted by Gasteiger charge is 1.96. The molecule has 86 valence electrons. The number of hydrogen-bond donors (Lipinski definition) is 1. The molecule has 0 spiro atoms. The van der Waals surface area contributed by atoms with Crippen molar-refractivity contribution >= 4 is 17.6 Å². The van der Waals surface area contributed by atoms with Gasteiger partial charge in [0.2, 0.25) is 0 Å². The predicted octanol–water partition coefficient (Wildman–Crippen LogP) is 3.64. The molecule has 2 heteroatoms. The Morgan fingerprint density at radius 3 is 2.29 bits per heavy atom. The van der Waals surface area contributed by atoms with Crippen LogP contribution in [0.25, 0.3) is 0 Å². The third-order valence-corrected chi connectivity index (χ3v) is 2.63. The maximum atomic E-state index is 5.89. The first kappa shape index (κ1) is 11.4. The van der Waals surface area contributed by atoms with Crippen molar-refractivity contribution < 1.29 is 0 Å². The quantitative estimate of drug-likeness (QED) is 0.614. The van der Waals surface area contributed by atoms with Gasteiger partial charge in [-0.3, -0.25) is 4.99 Å². The van der Waals surface area contributed by atoms with Crippen molar-refractivity contribution in [3.05, 3.63) is 59.2 Å². The summed E-state index contributed by atoms with van der Waals surface area (Å²) in [4.78, 5) is 4.41. The number of nitrogens with zero attached hydrogens (tertiary/aromatic N) is 1. The molecule has 0 aliphatic rings. The van der Waals surface area contributed by atoms with E-state index < -0.39 is 0 Å². The van der Waals surface area contributed by atoms with E-state index in [0.29, 0.717) is 0 Å². The zero-order valence-corrected chi connectivity index (χ0v) is 10.1. The maximum absolute atomic E-state index is 5.89. The van der Waals surface area contributed by atoms with Crippen LogP contribution >= 0.6 is 0 Å². The Hall–Kier alpha value is -2.09. The molecule has 17 heavy (non-hydrogen) atoms. The minimum Gasteiger partial charge on any atom is -0.398 e. The number of nitrogen functional groups attached to an aromatic ring is 1. The molecule has 0 bridgehead atoms. The largest absolute Gasteiger partial charge is 0.398 e. The van der Waals surface area contributed by atoms with E-state index in [1.165, 1.54) is 11.1 Å². The van der Waals surface area contributed by atoms with Crippen LogP contribution in [0.2, 0.25) is 0 Å². The van der Waals surface area contributed by atoms with E-state index >= 15 is 0 Å². The average Bonchev–Trinajstić information content (AvgIpc) is 2.32. The number of nitrogens with two attached hydrogens (primary N) is 1. The highest BCUT2D eigenvalue weighted by atomic mass is 14.7. The van der Waals surface area contributed by atoms with E-state index in [1.54, 1.807) is 0 Å². The van der Waals surface area contributed by atoms with Crippen molar-refractivity contribution in [2.45, 2.75) is 13.8 Å². The van der Waals surface area contributed by atoms with Crippen molar-refractivity contribution in [3.8, 4) is 0 Å². The Morgan fingerprint density at radius 1 is 0.941 bits per heavy atom. The Morgan fingerprint density at radius 2 is 1.59 bits per heavy atom. The number of rotatable bonds is 2. The lowest BCUT2D eigenvalue weighted by Gasteiger charge is -2.01. The second kappa shape index (κ2) is 4.83. The zero-order chi connectivity index (χ0) is 12.3. The molecule has 2 rings (SSSR count). The lowest BCUT2D eigenvalue weighted by molar-refractivity contribution is 1.43. The van der Waals surface area contributed by atoms with Gasteiger partial charge < -0.3 is 5.73 Å². The van der Waals surface area contributed by atoms with Gasteiger partial charge in [0.15, 0.2) is 0 Å². The minimum absolute atomic E-state index is 0.756. The minimum atomic E-state index is 0.756. The van der Waals surface area contributed by atoms with Gasteiger partial charge in [0, 0.05) is 17.5 Å². The first-order chi connectivity index (χ1) is 8.15. The lowest BCUT2D eigenvalue weighted by atomic mass is 10.1. The van der Waals surface area contributed by atoms with Gasteiger partial charge in [-0.2, -0.15) is 0 Å². The fourth-order valence-electron chi connectivity index (χ4n) is 1.58. The van der Waals surface area contributed by atoms with E-state index in [2.05, 4.69) is 11.9 Å². The normalized spacial score (nSPS) is 10.9. The summed E-state index contributed by atoms with van der Waals surface area (Å²) in [7, 11) is 0. The molecule has 0 amide bonds. The van der Waals surface area contributed by atoms with Gasteiger partial charge in [0.05, 0.1) is 5.69 Å². The van der Waals surface area contributed by atoms with Crippen molar-refractivity contribution in [3.63, 3.8) is 0 Å². The fourth-order valence-corrected chi connectivity index (χ4v) is 1.58. The number of aryl methyl sites for hydroxylation is 2. The van der Waals surface area contributed by atoms with E-state index in [1.807, 2.05) is 55.6 Å². The van der Waals surface area contributed by atoms with E-state index in [0.717, 1.165) is 16.9 Å². The molecule has 0 heterocycles. The monoisotopic (exact) mass is 224 g/mol. The standard InChI is InChI=1S/C15H16N2/c1-11-3-6-14(7-4-11)17-10-13-9-12(2)5-8-15(13)16/h3-10H,16H2,1-2H3. The van der Waals surface area contributed by atoms with Crippen LogP contribution in [0.4, 0.5) is 11.4 Å². The molecule has 2 aromatic carbocycles. The second-order valence-electron chi connectivity index (χ2n) is 4.23. The van der Waals surface area contributed by atoms with Crippen LogP contribution in [-0.4, -0.2) is 6.21 Å². The van der Waals surface area contributed by atoms with Crippen molar-refractivity contribution in [2.75, 3.05) is 5.73 Å². The third kappa shape index (κ3) is 2.94. The molecule has 0 aliphatic carbocycles. The molecule has 0 aliphatic heterocycles. The first-order valence-electron chi connectivity index (χ1n) is 5.62. The van der Waals surface area contributed by atoms with Gasteiger partial charge >= 0.3 is 0 Å². The zero-order valence-electron chi connectivity index (χ0n) is 10.1. The molecule has 0 saturated carbocycles. The fraction of sp³-hybridized carbons (Fsp3) is 0.133. The topological polar surface area (TPSA) is 38.4 Å². The molecule has 0 aromatic heterocycles. The molecule has 2 nitrogen and oxygen atoms in total. The highest BCUT2D eigenvalue weighted by Crippen LogP contribution is 2.15. The van der Waals surface area contributed by atoms with Crippen LogP contribution in [-0.2, 0) is 0 Å². The van der Waals surface area contributed by atoms with Gasteiger partial charge in [0.1, 0.15) is 0 Å². The van der Waals surface area contributed by atoms with E-state index in [9.17, 15) is 0 Å². The molecular formula is C15H16N2. The molecular weight excluding hydrogens is 208 g/mol. The number of anilines is 1. The van der Waals surface area contributed by atoms with Gasteiger partial charge in [-0.1, -0.05) is 29.3 Å².